The predicted molar refractivity (Wildman–Crippen MR) is 63.5 cm³/mol. The third-order valence-corrected chi connectivity index (χ3v) is 4.26. The highest BCUT2D eigenvalue weighted by atomic mass is 32.2. The molecule has 5 heteroatoms. The average Bonchev–Trinajstić information content (AvgIpc) is 2.21. The van der Waals surface area contributed by atoms with Gasteiger partial charge in [-0.2, -0.15) is 0 Å². The van der Waals surface area contributed by atoms with Gasteiger partial charge in [0.2, 0.25) is 10.0 Å². The van der Waals surface area contributed by atoms with E-state index in [9.17, 15) is 8.42 Å². The lowest BCUT2D eigenvalue weighted by molar-refractivity contribution is 0.316. The Labute approximate surface area is 96.6 Å². The molecule has 0 aromatic heterocycles. The number of benzene rings is 1. The highest BCUT2D eigenvalue weighted by molar-refractivity contribution is 7.89. The molecule has 16 heavy (non-hydrogen) atoms. The van der Waals surface area contributed by atoms with E-state index in [1.807, 2.05) is 31.2 Å². The van der Waals surface area contributed by atoms with Gasteiger partial charge < -0.3 is 5.11 Å². The Morgan fingerprint density at radius 2 is 1.94 bits per heavy atom. The van der Waals surface area contributed by atoms with Crippen molar-refractivity contribution in [3.8, 4) is 0 Å². The van der Waals surface area contributed by atoms with Crippen molar-refractivity contribution in [2.45, 2.75) is 13.5 Å². The van der Waals surface area contributed by atoms with Gasteiger partial charge >= 0.3 is 0 Å². The standard InChI is InChI=1S/C11H17NO3S/c1-10-5-3-4-6-11(10)9-12(2)16(14,15)8-7-13/h3-6,13H,7-9H2,1-2H3. The van der Waals surface area contributed by atoms with Crippen LogP contribution in [0.2, 0.25) is 0 Å². The number of aryl methyl sites for hydroxylation is 1. The normalized spacial score (nSPS) is 12.0. The molecule has 0 aliphatic heterocycles. The van der Waals surface area contributed by atoms with Gasteiger partial charge in [0.05, 0.1) is 12.4 Å². The van der Waals surface area contributed by atoms with E-state index in [1.165, 1.54) is 11.4 Å². The molecule has 1 N–H and O–H groups in total. The Morgan fingerprint density at radius 3 is 2.50 bits per heavy atom. The van der Waals surface area contributed by atoms with Crippen LogP contribution in [-0.2, 0) is 16.6 Å². The van der Waals surface area contributed by atoms with E-state index < -0.39 is 10.0 Å². The van der Waals surface area contributed by atoms with Gasteiger partial charge in [0.15, 0.2) is 0 Å². The molecule has 4 nitrogen and oxygen atoms in total. The number of sulfonamides is 1. The number of hydrogen-bond acceptors (Lipinski definition) is 3. The molecule has 90 valence electrons. The Balaban J connectivity index is 2.79. The molecule has 0 amide bonds. The van der Waals surface area contributed by atoms with E-state index in [2.05, 4.69) is 0 Å². The SMILES string of the molecule is Cc1ccccc1CN(C)S(=O)(=O)CCO. The monoisotopic (exact) mass is 243 g/mol. The van der Waals surface area contributed by atoms with Crippen molar-refractivity contribution in [1.29, 1.82) is 0 Å². The van der Waals surface area contributed by atoms with Gasteiger partial charge in [0.1, 0.15) is 0 Å². The van der Waals surface area contributed by atoms with E-state index in [4.69, 9.17) is 5.11 Å². The van der Waals surface area contributed by atoms with Gasteiger partial charge in [0, 0.05) is 13.6 Å². The van der Waals surface area contributed by atoms with Crippen molar-refractivity contribution in [3.63, 3.8) is 0 Å². The summed E-state index contributed by atoms with van der Waals surface area (Å²) < 4.78 is 24.5. The molecule has 0 aliphatic rings. The summed E-state index contributed by atoms with van der Waals surface area (Å²) in [6.07, 6.45) is 0. The van der Waals surface area contributed by atoms with Crippen LogP contribution in [0.15, 0.2) is 24.3 Å². The summed E-state index contributed by atoms with van der Waals surface area (Å²) in [7, 11) is -1.82. The molecular formula is C11H17NO3S. The average molecular weight is 243 g/mol. The zero-order valence-corrected chi connectivity index (χ0v) is 10.4. The van der Waals surface area contributed by atoms with Crippen molar-refractivity contribution in [1.82, 2.24) is 4.31 Å². The van der Waals surface area contributed by atoms with Gasteiger partial charge in [0.25, 0.3) is 0 Å². The van der Waals surface area contributed by atoms with E-state index in [0.717, 1.165) is 11.1 Å². The minimum atomic E-state index is -3.34. The van der Waals surface area contributed by atoms with Gasteiger partial charge in [-0.15, -0.1) is 0 Å². The van der Waals surface area contributed by atoms with Crippen LogP contribution in [0.3, 0.4) is 0 Å². The maximum atomic E-state index is 11.6. The van der Waals surface area contributed by atoms with Crippen molar-refractivity contribution in [2.24, 2.45) is 0 Å². The maximum Gasteiger partial charge on any atom is 0.216 e. The molecule has 0 atom stereocenters. The molecule has 0 spiro atoms. The molecule has 0 bridgehead atoms. The second kappa shape index (κ2) is 5.43. The Bertz CT molecular complexity index is 442. The van der Waals surface area contributed by atoms with Crippen LogP contribution >= 0.6 is 0 Å². The summed E-state index contributed by atoms with van der Waals surface area (Å²) >= 11 is 0. The highest BCUT2D eigenvalue weighted by Crippen LogP contribution is 2.11. The highest BCUT2D eigenvalue weighted by Gasteiger charge is 2.17. The quantitative estimate of drug-likeness (QED) is 0.830. The van der Waals surface area contributed by atoms with Crippen LogP contribution in [0.25, 0.3) is 0 Å². The van der Waals surface area contributed by atoms with Gasteiger partial charge in [-0.3, -0.25) is 0 Å². The zero-order chi connectivity index (χ0) is 12.2. The molecule has 0 fully saturated rings. The minimum absolute atomic E-state index is 0.227. The van der Waals surface area contributed by atoms with Gasteiger partial charge in [-0.1, -0.05) is 24.3 Å². The van der Waals surface area contributed by atoms with Crippen molar-refractivity contribution >= 4 is 10.0 Å². The summed E-state index contributed by atoms with van der Waals surface area (Å²) in [6.45, 7) is 1.94. The Kier molecular flexibility index (Phi) is 4.46. The predicted octanol–water partition coefficient (Wildman–Crippen LogP) is 0.749. The lowest BCUT2D eigenvalue weighted by Crippen LogP contribution is -2.30. The number of aliphatic hydroxyl groups excluding tert-OH is 1. The van der Waals surface area contributed by atoms with Crippen LogP contribution in [-0.4, -0.2) is 37.2 Å². The number of nitrogens with zero attached hydrogens (tertiary/aromatic N) is 1. The topological polar surface area (TPSA) is 57.6 Å². The lowest BCUT2D eigenvalue weighted by atomic mass is 10.1. The second-order valence-corrected chi connectivity index (χ2v) is 5.92. The maximum absolute atomic E-state index is 11.6. The summed E-state index contributed by atoms with van der Waals surface area (Å²) in [4.78, 5) is 0. The van der Waals surface area contributed by atoms with Crippen LogP contribution in [0.5, 0.6) is 0 Å². The summed E-state index contributed by atoms with van der Waals surface area (Å²) in [5.41, 5.74) is 2.04. The summed E-state index contributed by atoms with van der Waals surface area (Å²) in [5.74, 6) is -0.227. The van der Waals surface area contributed by atoms with Gasteiger partial charge in [-0.25, -0.2) is 12.7 Å². The van der Waals surface area contributed by atoms with Crippen LogP contribution in [0, 0.1) is 6.92 Å². The fourth-order valence-electron chi connectivity index (χ4n) is 1.40. The van der Waals surface area contributed by atoms with Crippen molar-refractivity contribution in [2.75, 3.05) is 19.4 Å². The fraction of sp³-hybridized carbons (Fsp3) is 0.455. The van der Waals surface area contributed by atoms with Crippen LogP contribution in [0.1, 0.15) is 11.1 Å². The van der Waals surface area contributed by atoms with Crippen molar-refractivity contribution in [3.05, 3.63) is 35.4 Å². The third-order valence-electron chi connectivity index (χ3n) is 2.48. The molecule has 1 rings (SSSR count). The Morgan fingerprint density at radius 1 is 1.31 bits per heavy atom. The summed E-state index contributed by atoms with van der Waals surface area (Å²) in [6, 6.07) is 7.65. The first-order chi connectivity index (χ1) is 7.47. The molecule has 0 saturated carbocycles. The largest absolute Gasteiger partial charge is 0.395 e. The molecule has 1 aromatic carbocycles. The first-order valence-corrected chi connectivity index (χ1v) is 6.67. The molecule has 0 unspecified atom stereocenters. The first-order valence-electron chi connectivity index (χ1n) is 5.07. The molecule has 1 aromatic rings. The van der Waals surface area contributed by atoms with E-state index >= 15 is 0 Å². The zero-order valence-electron chi connectivity index (χ0n) is 9.55. The molecule has 0 heterocycles. The molecule has 0 aliphatic carbocycles. The van der Waals surface area contributed by atoms with Crippen molar-refractivity contribution < 1.29 is 13.5 Å². The fourth-order valence-corrected chi connectivity index (χ4v) is 2.28. The van der Waals surface area contributed by atoms with E-state index in [1.54, 1.807) is 0 Å². The third kappa shape index (κ3) is 3.30. The van der Waals surface area contributed by atoms with Crippen LogP contribution in [0.4, 0.5) is 0 Å². The van der Waals surface area contributed by atoms with E-state index in [-0.39, 0.29) is 12.4 Å². The number of aliphatic hydroxyl groups is 1. The smallest absolute Gasteiger partial charge is 0.216 e. The van der Waals surface area contributed by atoms with Gasteiger partial charge in [-0.05, 0) is 18.1 Å². The number of hydrogen-bond donors (Lipinski definition) is 1. The Hall–Kier alpha value is -0.910. The minimum Gasteiger partial charge on any atom is -0.395 e. The molecule has 0 radical (unpaired) electrons. The summed E-state index contributed by atoms with van der Waals surface area (Å²) in [5, 5.41) is 8.67. The first kappa shape index (κ1) is 13.2. The molecular weight excluding hydrogens is 226 g/mol. The van der Waals surface area contributed by atoms with Crippen LogP contribution < -0.4 is 0 Å². The molecule has 0 saturated heterocycles. The van der Waals surface area contributed by atoms with E-state index in [0.29, 0.717) is 6.54 Å². The number of rotatable bonds is 5. The second-order valence-electron chi connectivity index (χ2n) is 3.72. The lowest BCUT2D eigenvalue weighted by Gasteiger charge is -2.17.